The molecule has 1 aliphatic heterocycles. The van der Waals surface area contributed by atoms with Crippen LogP contribution in [0.4, 0.5) is 11.4 Å². The van der Waals surface area contributed by atoms with Crippen LogP contribution in [-0.4, -0.2) is 43.0 Å². The predicted molar refractivity (Wildman–Crippen MR) is 131 cm³/mol. The van der Waals surface area contributed by atoms with Gasteiger partial charge in [-0.15, -0.1) is 0 Å². The molecule has 34 heavy (non-hydrogen) atoms. The standard InChI is InChI=1S/C24H24BrClN2O6/c1-13(2)34-24(32)15-4-6-17(7-5-15)28-11-16(10-21(28)30)23(31)33-12-20(29)27-19-9-8-18(25)22(26)14(19)3/h4-9,13,16H,10-12H2,1-3H3,(H,27,29)/t16-/m0/s1. The lowest BCUT2D eigenvalue weighted by Crippen LogP contribution is -2.28. The normalized spacial score (nSPS) is 15.4. The largest absolute Gasteiger partial charge is 0.459 e. The summed E-state index contributed by atoms with van der Waals surface area (Å²) in [7, 11) is 0. The maximum atomic E-state index is 12.5. The molecule has 0 bridgehead atoms. The quantitative estimate of drug-likeness (QED) is 0.508. The van der Waals surface area contributed by atoms with Crippen molar-refractivity contribution < 1.29 is 28.7 Å². The second-order valence-electron chi connectivity index (χ2n) is 8.10. The minimum absolute atomic E-state index is 0.0287. The van der Waals surface area contributed by atoms with Crippen LogP contribution in [0.5, 0.6) is 0 Å². The highest BCUT2D eigenvalue weighted by molar-refractivity contribution is 9.10. The van der Waals surface area contributed by atoms with Crippen molar-refractivity contribution in [3.63, 3.8) is 0 Å². The molecule has 1 aliphatic rings. The van der Waals surface area contributed by atoms with Crippen LogP contribution in [0, 0.1) is 12.8 Å². The number of carbonyl (C=O) groups is 4. The summed E-state index contributed by atoms with van der Waals surface area (Å²) >= 11 is 9.47. The molecule has 1 saturated heterocycles. The molecule has 1 heterocycles. The minimum Gasteiger partial charge on any atom is -0.459 e. The number of carbonyl (C=O) groups excluding carboxylic acids is 4. The number of anilines is 2. The molecule has 3 rings (SSSR count). The molecule has 0 aromatic heterocycles. The predicted octanol–water partition coefficient (Wildman–Crippen LogP) is 4.51. The van der Waals surface area contributed by atoms with Crippen LogP contribution in [0.2, 0.25) is 5.02 Å². The van der Waals surface area contributed by atoms with Gasteiger partial charge in [0.25, 0.3) is 5.91 Å². The molecule has 8 nitrogen and oxygen atoms in total. The van der Waals surface area contributed by atoms with E-state index in [2.05, 4.69) is 21.2 Å². The van der Waals surface area contributed by atoms with Gasteiger partial charge in [-0.05, 0) is 78.7 Å². The third-order valence-corrected chi connectivity index (χ3v) is 6.55. The highest BCUT2D eigenvalue weighted by atomic mass is 79.9. The van der Waals surface area contributed by atoms with Crippen LogP contribution in [0.25, 0.3) is 0 Å². The number of ether oxygens (including phenoxy) is 2. The maximum absolute atomic E-state index is 12.5. The molecule has 0 unspecified atom stereocenters. The second kappa shape index (κ2) is 11.0. The van der Waals surface area contributed by atoms with Gasteiger partial charge in [0.2, 0.25) is 5.91 Å². The first-order valence-electron chi connectivity index (χ1n) is 10.6. The van der Waals surface area contributed by atoms with E-state index in [0.717, 1.165) is 0 Å². The molecule has 1 atom stereocenters. The molecule has 180 valence electrons. The molecule has 2 aromatic carbocycles. The number of hydrogen-bond acceptors (Lipinski definition) is 6. The summed E-state index contributed by atoms with van der Waals surface area (Å²) in [6, 6.07) is 9.78. The van der Waals surface area contributed by atoms with Crippen LogP contribution < -0.4 is 10.2 Å². The number of benzene rings is 2. The van der Waals surface area contributed by atoms with Gasteiger partial charge in [0.1, 0.15) is 0 Å². The molecule has 1 fully saturated rings. The smallest absolute Gasteiger partial charge is 0.338 e. The van der Waals surface area contributed by atoms with Crippen molar-refractivity contribution in [2.24, 2.45) is 5.92 Å². The lowest BCUT2D eigenvalue weighted by atomic mass is 10.1. The average Bonchev–Trinajstić information content (AvgIpc) is 3.19. The van der Waals surface area contributed by atoms with Crippen LogP contribution in [0.3, 0.4) is 0 Å². The summed E-state index contributed by atoms with van der Waals surface area (Å²) in [6.07, 6.45) is -0.267. The first kappa shape index (κ1) is 25.7. The van der Waals surface area contributed by atoms with Gasteiger partial charge in [-0.1, -0.05) is 11.6 Å². The third kappa shape index (κ3) is 6.15. The van der Waals surface area contributed by atoms with Crippen molar-refractivity contribution in [3.8, 4) is 0 Å². The molecule has 1 N–H and O–H groups in total. The Hall–Kier alpha value is -2.91. The van der Waals surface area contributed by atoms with Crippen LogP contribution in [0.15, 0.2) is 40.9 Å². The van der Waals surface area contributed by atoms with Crippen molar-refractivity contribution in [3.05, 3.63) is 57.0 Å². The zero-order valence-electron chi connectivity index (χ0n) is 18.9. The van der Waals surface area contributed by atoms with Crippen molar-refractivity contribution in [2.75, 3.05) is 23.4 Å². The molecule has 0 saturated carbocycles. The van der Waals surface area contributed by atoms with Gasteiger partial charge >= 0.3 is 11.9 Å². The van der Waals surface area contributed by atoms with E-state index in [9.17, 15) is 19.2 Å². The molecule has 0 radical (unpaired) electrons. The number of nitrogens with one attached hydrogen (secondary N) is 1. The number of amides is 2. The number of rotatable bonds is 7. The highest BCUT2D eigenvalue weighted by Crippen LogP contribution is 2.31. The topological polar surface area (TPSA) is 102 Å². The minimum atomic E-state index is -0.699. The van der Waals surface area contributed by atoms with Crippen molar-refractivity contribution in [1.82, 2.24) is 0 Å². The zero-order valence-corrected chi connectivity index (χ0v) is 21.2. The SMILES string of the molecule is Cc1c(NC(=O)COC(=O)[C@H]2CC(=O)N(c3ccc(C(=O)OC(C)C)cc3)C2)ccc(Br)c1Cl. The monoisotopic (exact) mass is 550 g/mol. The Kier molecular flexibility index (Phi) is 8.33. The Balaban J connectivity index is 1.54. The van der Waals surface area contributed by atoms with Crippen molar-refractivity contribution in [2.45, 2.75) is 33.3 Å². The van der Waals surface area contributed by atoms with E-state index in [0.29, 0.717) is 32.0 Å². The molecule has 2 aromatic rings. The fourth-order valence-electron chi connectivity index (χ4n) is 3.40. The second-order valence-corrected chi connectivity index (χ2v) is 9.33. The van der Waals surface area contributed by atoms with E-state index < -0.39 is 30.4 Å². The summed E-state index contributed by atoms with van der Waals surface area (Å²) < 4.78 is 11.0. The lowest BCUT2D eigenvalue weighted by molar-refractivity contribution is -0.151. The molecule has 2 amide bonds. The van der Waals surface area contributed by atoms with Gasteiger partial charge in [-0.25, -0.2) is 4.79 Å². The van der Waals surface area contributed by atoms with Gasteiger partial charge in [-0.2, -0.15) is 0 Å². The number of esters is 2. The van der Waals surface area contributed by atoms with Gasteiger partial charge in [0, 0.05) is 28.8 Å². The fourth-order valence-corrected chi connectivity index (χ4v) is 4.00. The van der Waals surface area contributed by atoms with Gasteiger partial charge < -0.3 is 19.7 Å². The third-order valence-electron chi connectivity index (χ3n) is 5.17. The van der Waals surface area contributed by atoms with Crippen molar-refractivity contribution >= 4 is 62.7 Å². The summed E-state index contributed by atoms with van der Waals surface area (Å²) in [5.41, 5.74) is 2.11. The van der Waals surface area contributed by atoms with Crippen LogP contribution >= 0.6 is 27.5 Å². The van der Waals surface area contributed by atoms with Gasteiger partial charge in [0.15, 0.2) is 6.61 Å². The van der Waals surface area contributed by atoms with Gasteiger partial charge in [-0.3, -0.25) is 14.4 Å². The van der Waals surface area contributed by atoms with E-state index in [1.54, 1.807) is 57.2 Å². The number of hydrogen-bond donors (Lipinski definition) is 1. The summed E-state index contributed by atoms with van der Waals surface area (Å²) in [5.74, 6) is -2.54. The molecule has 0 spiro atoms. The first-order chi connectivity index (χ1) is 16.1. The lowest BCUT2D eigenvalue weighted by Gasteiger charge is -2.17. The maximum Gasteiger partial charge on any atom is 0.338 e. The van der Waals surface area contributed by atoms with Crippen LogP contribution in [0.1, 0.15) is 36.2 Å². The molecular formula is C24H24BrClN2O6. The number of nitrogens with zero attached hydrogens (tertiary/aromatic N) is 1. The van der Waals surface area contributed by atoms with E-state index in [1.807, 2.05) is 0 Å². The number of halogens is 2. The van der Waals surface area contributed by atoms with Gasteiger partial charge in [0.05, 0.1) is 22.6 Å². The summed E-state index contributed by atoms with van der Waals surface area (Å²) in [6.45, 7) is 4.91. The average molecular weight is 552 g/mol. The van der Waals surface area contributed by atoms with E-state index >= 15 is 0 Å². The summed E-state index contributed by atoms with van der Waals surface area (Å²) in [4.78, 5) is 50.6. The molecular weight excluding hydrogens is 528 g/mol. The molecule has 10 heteroatoms. The Bertz CT molecular complexity index is 1120. The zero-order chi connectivity index (χ0) is 25.0. The first-order valence-corrected chi connectivity index (χ1v) is 11.8. The molecule has 0 aliphatic carbocycles. The van der Waals surface area contributed by atoms with Crippen molar-refractivity contribution in [1.29, 1.82) is 0 Å². The Morgan fingerprint density at radius 1 is 1.18 bits per heavy atom. The summed E-state index contributed by atoms with van der Waals surface area (Å²) in [5, 5.41) is 3.13. The Morgan fingerprint density at radius 2 is 1.85 bits per heavy atom. The fraction of sp³-hybridized carbons (Fsp3) is 0.333. The Morgan fingerprint density at radius 3 is 2.50 bits per heavy atom. The van der Waals surface area contributed by atoms with E-state index in [4.69, 9.17) is 21.1 Å². The van der Waals surface area contributed by atoms with E-state index in [-0.39, 0.29) is 25.0 Å². The Labute approximate surface area is 210 Å². The van der Waals surface area contributed by atoms with Crippen LogP contribution in [-0.2, 0) is 23.9 Å². The highest BCUT2D eigenvalue weighted by Gasteiger charge is 2.36. The van der Waals surface area contributed by atoms with E-state index in [1.165, 1.54) is 4.90 Å².